The van der Waals surface area contributed by atoms with Gasteiger partial charge in [-0.2, -0.15) is 18.3 Å². The van der Waals surface area contributed by atoms with E-state index < -0.39 is 17.8 Å². The van der Waals surface area contributed by atoms with E-state index in [0.29, 0.717) is 26.2 Å². The third-order valence-electron chi connectivity index (χ3n) is 7.17. The standard InChI is InChI=1S/C27H27ClF3N9O3/c1-3-6-40-15-19(22(36-40)27(29,30)31)21-14-33-23(37(21)2)24(41)34-16-4-5-18(20(28)11-16)25(42)38-7-9-39(10-8-38)26(43)35-17-12-32-13-17/h1,4-5,11,14-15,17,32H,6-10,12-13H2,2H3,(H,34,41)(H,35,43). The first-order valence-corrected chi connectivity index (χ1v) is 13.6. The number of alkyl halides is 3. The van der Waals surface area contributed by atoms with Crippen molar-refractivity contribution >= 4 is 35.1 Å². The Labute approximate surface area is 249 Å². The number of nitrogens with zero attached hydrogens (tertiary/aromatic N) is 6. The van der Waals surface area contributed by atoms with Gasteiger partial charge in [0.1, 0.15) is 6.54 Å². The molecule has 4 heterocycles. The van der Waals surface area contributed by atoms with Crippen LogP contribution in [0, 0.1) is 12.3 Å². The minimum atomic E-state index is -4.76. The first-order chi connectivity index (χ1) is 20.5. The summed E-state index contributed by atoms with van der Waals surface area (Å²) in [6, 6.07) is 4.33. The highest BCUT2D eigenvalue weighted by atomic mass is 35.5. The van der Waals surface area contributed by atoms with Gasteiger partial charge in [0.15, 0.2) is 11.5 Å². The molecule has 0 bridgehead atoms. The summed E-state index contributed by atoms with van der Waals surface area (Å²) in [5, 5.41) is 12.3. The van der Waals surface area contributed by atoms with Crippen LogP contribution in [0.1, 0.15) is 26.7 Å². The lowest BCUT2D eigenvalue weighted by Crippen LogP contribution is -2.61. The SMILES string of the molecule is C#CCn1cc(-c2cnc(C(=O)Nc3ccc(C(=O)N4CCN(C(=O)NC5CNC5)CC4)c(Cl)c3)n2C)c(C(F)(F)F)n1. The average molecular weight is 618 g/mol. The summed E-state index contributed by atoms with van der Waals surface area (Å²) in [7, 11) is 1.40. The van der Waals surface area contributed by atoms with E-state index in [1.165, 1.54) is 29.8 Å². The lowest BCUT2D eigenvalue weighted by Gasteiger charge is -2.37. The fraction of sp³-hybridized carbons (Fsp3) is 0.370. The van der Waals surface area contributed by atoms with E-state index in [4.69, 9.17) is 18.0 Å². The van der Waals surface area contributed by atoms with Crippen molar-refractivity contribution in [1.29, 1.82) is 0 Å². The Bertz CT molecular complexity index is 1600. The van der Waals surface area contributed by atoms with Gasteiger partial charge in [-0.15, -0.1) is 6.42 Å². The Balaban J connectivity index is 1.24. The van der Waals surface area contributed by atoms with E-state index in [-0.39, 0.29) is 57.9 Å². The van der Waals surface area contributed by atoms with Crippen LogP contribution in [0.5, 0.6) is 0 Å². The van der Waals surface area contributed by atoms with Gasteiger partial charge in [-0.05, 0) is 18.2 Å². The zero-order chi connectivity index (χ0) is 30.9. The average Bonchev–Trinajstić information content (AvgIpc) is 3.54. The molecule has 0 saturated carbocycles. The van der Waals surface area contributed by atoms with E-state index in [1.807, 2.05) is 0 Å². The van der Waals surface area contributed by atoms with Crippen LogP contribution in [0.2, 0.25) is 5.02 Å². The predicted octanol–water partition coefficient (Wildman–Crippen LogP) is 2.28. The molecule has 5 rings (SSSR count). The predicted molar refractivity (Wildman–Crippen MR) is 150 cm³/mol. The monoisotopic (exact) mass is 617 g/mol. The number of carbonyl (C=O) groups excluding carboxylic acids is 3. The second-order valence-corrected chi connectivity index (χ2v) is 10.5. The number of nitrogens with one attached hydrogen (secondary N) is 3. The first kappa shape index (κ1) is 29.9. The van der Waals surface area contributed by atoms with Crippen LogP contribution in [-0.2, 0) is 19.8 Å². The Morgan fingerprint density at radius 2 is 1.86 bits per heavy atom. The normalized spacial score (nSPS) is 15.5. The topological polar surface area (TPSA) is 129 Å². The van der Waals surface area contributed by atoms with Crippen LogP contribution in [-0.4, -0.2) is 92.3 Å². The molecule has 2 aliphatic rings. The third-order valence-corrected chi connectivity index (χ3v) is 7.48. The molecule has 0 atom stereocenters. The number of hydrogen-bond acceptors (Lipinski definition) is 6. The van der Waals surface area contributed by atoms with Crippen LogP contribution >= 0.6 is 11.6 Å². The van der Waals surface area contributed by atoms with Crippen molar-refractivity contribution in [2.24, 2.45) is 7.05 Å². The molecule has 2 aromatic heterocycles. The van der Waals surface area contributed by atoms with Gasteiger partial charge in [0.2, 0.25) is 0 Å². The second-order valence-electron chi connectivity index (χ2n) is 10.0. The number of benzene rings is 1. The molecule has 0 radical (unpaired) electrons. The molecule has 0 aliphatic carbocycles. The number of urea groups is 1. The Morgan fingerprint density at radius 1 is 1.16 bits per heavy atom. The van der Waals surface area contributed by atoms with Crippen LogP contribution in [0.15, 0.2) is 30.6 Å². The number of amides is 4. The number of carbonyl (C=O) groups is 3. The molecule has 43 heavy (non-hydrogen) atoms. The summed E-state index contributed by atoms with van der Waals surface area (Å²) >= 11 is 6.41. The number of halogens is 4. The van der Waals surface area contributed by atoms with Crippen molar-refractivity contribution in [2.45, 2.75) is 18.8 Å². The lowest BCUT2D eigenvalue weighted by molar-refractivity contribution is -0.141. The smallest absolute Gasteiger partial charge is 0.335 e. The minimum absolute atomic E-state index is 0.0114. The lowest BCUT2D eigenvalue weighted by atomic mass is 10.1. The zero-order valence-electron chi connectivity index (χ0n) is 22.9. The van der Waals surface area contributed by atoms with Crippen molar-refractivity contribution in [3.63, 3.8) is 0 Å². The van der Waals surface area contributed by atoms with Gasteiger partial charge in [-0.1, -0.05) is 17.5 Å². The number of terminal acetylenes is 1. The molecule has 0 spiro atoms. The van der Waals surface area contributed by atoms with E-state index in [9.17, 15) is 27.6 Å². The highest BCUT2D eigenvalue weighted by Gasteiger charge is 2.38. The van der Waals surface area contributed by atoms with Gasteiger partial charge < -0.3 is 30.3 Å². The molecule has 2 aliphatic heterocycles. The molecule has 0 unspecified atom stereocenters. The maximum atomic E-state index is 13.6. The molecule has 2 saturated heterocycles. The van der Waals surface area contributed by atoms with E-state index in [0.717, 1.165) is 30.2 Å². The van der Waals surface area contributed by atoms with Gasteiger partial charge in [0, 0.05) is 58.2 Å². The number of rotatable bonds is 6. The van der Waals surface area contributed by atoms with Crippen LogP contribution in [0.25, 0.3) is 11.3 Å². The molecule has 4 amide bonds. The van der Waals surface area contributed by atoms with Crippen LogP contribution in [0.4, 0.5) is 23.7 Å². The fourth-order valence-electron chi connectivity index (χ4n) is 4.76. The van der Waals surface area contributed by atoms with Crippen molar-refractivity contribution in [3.05, 3.63) is 52.7 Å². The molecule has 226 valence electrons. The number of piperazine rings is 1. The number of aromatic nitrogens is 4. The van der Waals surface area contributed by atoms with Gasteiger partial charge in [0.05, 0.1) is 34.1 Å². The Hall–Kier alpha value is -4.55. The van der Waals surface area contributed by atoms with Crippen LogP contribution in [0.3, 0.4) is 0 Å². The summed E-state index contributed by atoms with van der Waals surface area (Å²) in [6.07, 6.45) is 2.75. The van der Waals surface area contributed by atoms with Crippen molar-refractivity contribution < 1.29 is 27.6 Å². The van der Waals surface area contributed by atoms with E-state index in [2.05, 4.69) is 32.0 Å². The van der Waals surface area contributed by atoms with Crippen molar-refractivity contribution in [3.8, 4) is 23.6 Å². The van der Waals surface area contributed by atoms with Crippen LogP contribution < -0.4 is 16.0 Å². The van der Waals surface area contributed by atoms with Crippen molar-refractivity contribution in [2.75, 3.05) is 44.6 Å². The molecule has 3 aromatic rings. The quantitative estimate of drug-likeness (QED) is 0.364. The second kappa shape index (κ2) is 12.0. The molecular formula is C27H27ClF3N9O3. The first-order valence-electron chi connectivity index (χ1n) is 13.2. The Morgan fingerprint density at radius 3 is 2.47 bits per heavy atom. The van der Waals surface area contributed by atoms with Gasteiger partial charge >= 0.3 is 12.2 Å². The molecule has 12 nitrogen and oxygen atoms in total. The third kappa shape index (κ3) is 6.30. The van der Waals surface area contributed by atoms with Crippen molar-refractivity contribution in [1.82, 2.24) is 39.8 Å². The molecule has 2 fully saturated rings. The zero-order valence-corrected chi connectivity index (χ0v) is 23.7. The van der Waals surface area contributed by atoms with Gasteiger partial charge in [0.25, 0.3) is 11.8 Å². The number of anilines is 1. The maximum absolute atomic E-state index is 13.6. The number of imidazole rings is 1. The Kier molecular flexibility index (Phi) is 8.34. The van der Waals surface area contributed by atoms with Gasteiger partial charge in [-0.25, -0.2) is 9.78 Å². The van der Waals surface area contributed by atoms with E-state index in [1.54, 1.807) is 9.80 Å². The summed E-state index contributed by atoms with van der Waals surface area (Å²) in [5.41, 5.74) is -0.945. The minimum Gasteiger partial charge on any atom is -0.335 e. The summed E-state index contributed by atoms with van der Waals surface area (Å²) in [5.74, 6) is 1.05. The highest BCUT2D eigenvalue weighted by Crippen LogP contribution is 2.36. The molecule has 16 heteroatoms. The van der Waals surface area contributed by atoms with Gasteiger partial charge in [-0.3, -0.25) is 14.3 Å². The molecular weight excluding hydrogens is 591 g/mol. The summed E-state index contributed by atoms with van der Waals surface area (Å²) in [6.45, 7) is 2.75. The fourth-order valence-corrected chi connectivity index (χ4v) is 5.02. The summed E-state index contributed by atoms with van der Waals surface area (Å²) in [4.78, 5) is 45.8. The maximum Gasteiger partial charge on any atom is 0.435 e. The highest BCUT2D eigenvalue weighted by molar-refractivity contribution is 6.34. The molecule has 3 N–H and O–H groups in total. The molecule has 1 aromatic carbocycles. The van der Waals surface area contributed by atoms with E-state index >= 15 is 0 Å². The largest absolute Gasteiger partial charge is 0.435 e. The summed E-state index contributed by atoms with van der Waals surface area (Å²) < 4.78 is 43.1. The number of hydrogen-bond donors (Lipinski definition) is 3.